The second kappa shape index (κ2) is 10.9. The van der Waals surface area contributed by atoms with E-state index >= 15 is 0 Å². The van der Waals surface area contributed by atoms with Crippen molar-refractivity contribution in [3.63, 3.8) is 0 Å². The summed E-state index contributed by atoms with van der Waals surface area (Å²) in [5.41, 5.74) is 10.1. The highest BCUT2D eigenvalue weighted by molar-refractivity contribution is 5.96. The van der Waals surface area contributed by atoms with Gasteiger partial charge in [0.05, 0.1) is 37.6 Å². The third-order valence-electron chi connectivity index (χ3n) is 5.58. The van der Waals surface area contributed by atoms with Crippen molar-refractivity contribution in [1.29, 1.82) is 0 Å². The van der Waals surface area contributed by atoms with Crippen molar-refractivity contribution in [2.24, 2.45) is 0 Å². The van der Waals surface area contributed by atoms with E-state index in [9.17, 15) is 14.0 Å². The van der Waals surface area contributed by atoms with Crippen LogP contribution >= 0.6 is 0 Å². The molecule has 34 heavy (non-hydrogen) atoms. The summed E-state index contributed by atoms with van der Waals surface area (Å²) in [6, 6.07) is 18.6. The second-order valence-corrected chi connectivity index (χ2v) is 8.17. The van der Waals surface area contributed by atoms with Gasteiger partial charge in [-0.2, -0.15) is 0 Å². The Bertz CT molecular complexity index is 1140. The van der Waals surface area contributed by atoms with Crippen molar-refractivity contribution in [2.75, 3.05) is 49.2 Å². The van der Waals surface area contributed by atoms with Gasteiger partial charge < -0.3 is 21.1 Å². The van der Waals surface area contributed by atoms with E-state index in [2.05, 4.69) is 10.6 Å². The number of anilines is 3. The number of ether oxygens (including phenoxy) is 1. The largest absolute Gasteiger partial charge is 0.397 e. The molecule has 4 N–H and O–H groups in total. The summed E-state index contributed by atoms with van der Waals surface area (Å²) in [5.74, 6) is -0.605. The van der Waals surface area contributed by atoms with Crippen LogP contribution in [-0.2, 0) is 20.7 Å². The maximum absolute atomic E-state index is 13.2. The maximum Gasteiger partial charge on any atom is 0.238 e. The molecule has 0 aliphatic carbocycles. The Kier molecular flexibility index (Phi) is 7.51. The molecule has 1 saturated heterocycles. The number of nitrogens with zero attached hydrogens (tertiary/aromatic N) is 1. The van der Waals surface area contributed by atoms with E-state index in [4.69, 9.17) is 10.5 Å². The fraction of sp³-hybridized carbons (Fsp3) is 0.231. The first-order chi connectivity index (χ1) is 16.5. The number of nitrogens with one attached hydrogen (secondary N) is 2. The van der Waals surface area contributed by atoms with Gasteiger partial charge in [0.2, 0.25) is 11.8 Å². The zero-order valence-electron chi connectivity index (χ0n) is 18.7. The molecule has 0 radical (unpaired) electrons. The topological polar surface area (TPSA) is 96.7 Å². The molecule has 0 unspecified atom stereocenters. The lowest BCUT2D eigenvalue weighted by molar-refractivity contribution is -0.118. The fourth-order valence-corrected chi connectivity index (χ4v) is 3.74. The molecular formula is C26H27FN4O3. The van der Waals surface area contributed by atoms with Crippen LogP contribution in [-0.4, -0.2) is 49.6 Å². The molecule has 4 rings (SSSR count). The Morgan fingerprint density at radius 3 is 2.26 bits per heavy atom. The van der Waals surface area contributed by atoms with Crippen LogP contribution < -0.4 is 16.4 Å². The fourth-order valence-electron chi connectivity index (χ4n) is 3.74. The molecule has 0 aromatic heterocycles. The van der Waals surface area contributed by atoms with Crippen LogP contribution in [0.5, 0.6) is 0 Å². The summed E-state index contributed by atoms with van der Waals surface area (Å²) in [7, 11) is 0. The molecule has 3 aromatic rings. The summed E-state index contributed by atoms with van der Waals surface area (Å²) in [5, 5.41) is 5.73. The van der Waals surface area contributed by atoms with E-state index in [0.717, 1.165) is 29.8 Å². The van der Waals surface area contributed by atoms with Gasteiger partial charge in [-0.25, -0.2) is 4.39 Å². The van der Waals surface area contributed by atoms with Crippen molar-refractivity contribution in [2.45, 2.75) is 6.42 Å². The zero-order chi connectivity index (χ0) is 23.9. The number of nitrogens with two attached hydrogens (primary N) is 1. The summed E-state index contributed by atoms with van der Waals surface area (Å²) in [4.78, 5) is 26.9. The van der Waals surface area contributed by atoms with Crippen LogP contribution in [0.2, 0.25) is 0 Å². The van der Waals surface area contributed by atoms with Gasteiger partial charge >= 0.3 is 0 Å². The Hall–Kier alpha value is -3.75. The Labute approximate surface area is 197 Å². The maximum atomic E-state index is 13.2. The molecule has 0 atom stereocenters. The number of carbonyl (C=O) groups is 2. The van der Waals surface area contributed by atoms with Gasteiger partial charge in [-0.05, 0) is 53.1 Å². The van der Waals surface area contributed by atoms with Crippen LogP contribution in [0.15, 0.2) is 66.7 Å². The normalized spacial score (nSPS) is 13.9. The van der Waals surface area contributed by atoms with Crippen molar-refractivity contribution in [1.82, 2.24) is 4.90 Å². The van der Waals surface area contributed by atoms with E-state index in [0.29, 0.717) is 36.8 Å². The second-order valence-electron chi connectivity index (χ2n) is 8.17. The highest BCUT2D eigenvalue weighted by atomic mass is 19.1. The third-order valence-corrected chi connectivity index (χ3v) is 5.58. The number of amides is 2. The molecule has 1 fully saturated rings. The van der Waals surface area contributed by atoms with Gasteiger partial charge in [-0.3, -0.25) is 14.5 Å². The van der Waals surface area contributed by atoms with Gasteiger partial charge in [0.15, 0.2) is 0 Å². The van der Waals surface area contributed by atoms with Crippen molar-refractivity contribution >= 4 is 28.9 Å². The van der Waals surface area contributed by atoms with E-state index in [1.165, 1.54) is 12.1 Å². The van der Waals surface area contributed by atoms with Crippen LogP contribution in [0.25, 0.3) is 11.1 Å². The standard InChI is InChI=1S/C26H27FN4O3/c27-21-6-3-19(4-7-21)20-5-10-23(28)24(16-20)30-25(32)15-18-1-8-22(9-2-18)29-26(33)17-31-11-13-34-14-12-31/h1-10,16H,11-15,17,28H2,(H,29,33)(H,30,32). The minimum absolute atomic E-state index is 0.0797. The van der Waals surface area contributed by atoms with E-state index in [-0.39, 0.29) is 24.1 Å². The van der Waals surface area contributed by atoms with Crippen LogP contribution in [0.4, 0.5) is 21.5 Å². The van der Waals surface area contributed by atoms with Crippen molar-refractivity contribution in [3.05, 3.63) is 78.1 Å². The Morgan fingerprint density at radius 1 is 0.882 bits per heavy atom. The SMILES string of the molecule is Nc1ccc(-c2ccc(F)cc2)cc1NC(=O)Cc1ccc(NC(=O)CN2CCOCC2)cc1. The lowest BCUT2D eigenvalue weighted by atomic mass is 10.0. The number of morpholine rings is 1. The molecule has 0 spiro atoms. The first-order valence-electron chi connectivity index (χ1n) is 11.1. The average Bonchev–Trinajstić information content (AvgIpc) is 2.83. The lowest BCUT2D eigenvalue weighted by Crippen LogP contribution is -2.41. The van der Waals surface area contributed by atoms with Crippen molar-refractivity contribution in [3.8, 4) is 11.1 Å². The van der Waals surface area contributed by atoms with Crippen LogP contribution in [0, 0.1) is 5.82 Å². The first kappa shape index (κ1) is 23.4. The number of hydrogen-bond donors (Lipinski definition) is 3. The predicted molar refractivity (Wildman–Crippen MR) is 131 cm³/mol. The molecule has 1 aliphatic rings. The molecule has 1 aliphatic heterocycles. The molecular weight excluding hydrogens is 435 g/mol. The molecule has 176 valence electrons. The summed E-state index contributed by atoms with van der Waals surface area (Å²) >= 11 is 0. The monoisotopic (exact) mass is 462 g/mol. The van der Waals surface area contributed by atoms with Crippen LogP contribution in [0.1, 0.15) is 5.56 Å². The molecule has 0 saturated carbocycles. The van der Waals surface area contributed by atoms with Crippen LogP contribution in [0.3, 0.4) is 0 Å². The van der Waals surface area contributed by atoms with E-state index in [1.807, 2.05) is 23.1 Å². The van der Waals surface area contributed by atoms with Gasteiger partial charge in [0.25, 0.3) is 0 Å². The molecule has 2 amide bonds. The average molecular weight is 463 g/mol. The minimum atomic E-state index is -0.310. The zero-order valence-corrected chi connectivity index (χ0v) is 18.7. The highest BCUT2D eigenvalue weighted by Crippen LogP contribution is 2.27. The lowest BCUT2D eigenvalue weighted by Gasteiger charge is -2.25. The van der Waals surface area contributed by atoms with Gasteiger partial charge in [0.1, 0.15) is 5.82 Å². The number of rotatable bonds is 7. The summed E-state index contributed by atoms with van der Waals surface area (Å²) < 4.78 is 18.5. The molecule has 3 aromatic carbocycles. The molecule has 8 heteroatoms. The molecule has 7 nitrogen and oxygen atoms in total. The number of hydrogen-bond acceptors (Lipinski definition) is 5. The quantitative estimate of drug-likeness (QED) is 0.467. The number of nitrogen functional groups attached to an aromatic ring is 1. The Balaban J connectivity index is 1.32. The van der Waals surface area contributed by atoms with Gasteiger partial charge in [-0.15, -0.1) is 0 Å². The number of benzene rings is 3. The molecule has 0 bridgehead atoms. The van der Waals surface area contributed by atoms with E-state index in [1.54, 1.807) is 36.4 Å². The van der Waals surface area contributed by atoms with E-state index < -0.39 is 0 Å². The molecule has 1 heterocycles. The predicted octanol–water partition coefficient (Wildman–Crippen LogP) is 3.53. The van der Waals surface area contributed by atoms with Gasteiger partial charge in [0, 0.05) is 18.8 Å². The number of carbonyl (C=O) groups excluding carboxylic acids is 2. The summed E-state index contributed by atoms with van der Waals surface area (Å²) in [6.07, 6.45) is 0.155. The van der Waals surface area contributed by atoms with Gasteiger partial charge in [-0.1, -0.05) is 30.3 Å². The number of halogens is 1. The Morgan fingerprint density at radius 2 is 1.56 bits per heavy atom. The highest BCUT2D eigenvalue weighted by Gasteiger charge is 2.14. The minimum Gasteiger partial charge on any atom is -0.397 e. The smallest absolute Gasteiger partial charge is 0.238 e. The van der Waals surface area contributed by atoms with Crippen molar-refractivity contribution < 1.29 is 18.7 Å². The third kappa shape index (κ3) is 6.40. The summed E-state index contributed by atoms with van der Waals surface area (Å²) in [6.45, 7) is 3.11. The first-order valence-corrected chi connectivity index (χ1v) is 11.1.